The molecule has 36 heavy (non-hydrogen) atoms. The van der Waals surface area contributed by atoms with Gasteiger partial charge in [-0.3, -0.25) is 4.79 Å². The highest BCUT2D eigenvalue weighted by Crippen LogP contribution is 2.30. The lowest BCUT2D eigenvalue weighted by molar-refractivity contribution is 0.0739. The van der Waals surface area contributed by atoms with Gasteiger partial charge in [0.15, 0.2) is 9.84 Å². The van der Waals surface area contributed by atoms with Gasteiger partial charge in [-0.1, -0.05) is 6.42 Å². The minimum absolute atomic E-state index is 0.0315. The van der Waals surface area contributed by atoms with E-state index in [0.29, 0.717) is 31.4 Å². The molecule has 1 saturated carbocycles. The molecule has 9 nitrogen and oxygen atoms in total. The number of carbonyl (C=O) groups is 1. The first-order valence-electron chi connectivity index (χ1n) is 11.7. The zero-order chi connectivity index (χ0) is 26.1. The highest BCUT2D eigenvalue weighted by molar-refractivity contribution is 7.90. The van der Waals surface area contributed by atoms with Crippen LogP contribution in [-0.2, 0) is 19.9 Å². The molecule has 1 aliphatic heterocycles. The third-order valence-corrected chi connectivity index (χ3v) is 9.24. The molecule has 1 amide bonds. The highest BCUT2D eigenvalue weighted by atomic mass is 32.2. The first-order chi connectivity index (χ1) is 17.0. The normalized spacial score (nSPS) is 17.1. The molecule has 0 aromatic heterocycles. The Bertz CT molecular complexity index is 1350. The van der Waals surface area contributed by atoms with E-state index < -0.39 is 25.7 Å². The van der Waals surface area contributed by atoms with Crippen molar-refractivity contribution in [3.63, 3.8) is 0 Å². The average molecular weight is 540 g/mol. The third kappa shape index (κ3) is 5.65. The van der Waals surface area contributed by atoms with Gasteiger partial charge >= 0.3 is 0 Å². The molecule has 0 atom stereocenters. The molecule has 0 bridgehead atoms. The number of hydrogen-bond donors (Lipinski definition) is 1. The molecule has 1 saturated heterocycles. The number of ether oxygens (including phenoxy) is 1. The Morgan fingerprint density at radius 1 is 1.03 bits per heavy atom. The molecule has 4 rings (SSSR count). The van der Waals surface area contributed by atoms with Gasteiger partial charge in [0.25, 0.3) is 5.91 Å². The molecule has 1 heterocycles. The van der Waals surface area contributed by atoms with Gasteiger partial charge in [0, 0.05) is 32.4 Å². The zero-order valence-electron chi connectivity index (χ0n) is 20.2. The van der Waals surface area contributed by atoms with Crippen LogP contribution in [0.3, 0.4) is 0 Å². The second kappa shape index (κ2) is 10.3. The van der Waals surface area contributed by atoms with E-state index in [-0.39, 0.29) is 40.0 Å². The van der Waals surface area contributed by atoms with Gasteiger partial charge in [-0.05, 0) is 62.2 Å². The molecule has 2 aromatic rings. The summed E-state index contributed by atoms with van der Waals surface area (Å²) in [5.41, 5.74) is 0.434. The molecule has 2 aromatic carbocycles. The molecule has 2 aliphatic rings. The van der Waals surface area contributed by atoms with Crippen LogP contribution in [0.25, 0.3) is 0 Å². The van der Waals surface area contributed by atoms with E-state index in [1.807, 2.05) is 0 Å². The van der Waals surface area contributed by atoms with Gasteiger partial charge in [-0.25, -0.2) is 25.9 Å². The van der Waals surface area contributed by atoms with Crippen LogP contribution in [0.15, 0.2) is 46.2 Å². The molecule has 12 heteroatoms. The number of nitrogens with zero attached hydrogens (tertiary/aromatic N) is 2. The Labute approximate surface area is 211 Å². The lowest BCUT2D eigenvalue weighted by Gasteiger charge is -2.36. The van der Waals surface area contributed by atoms with Crippen molar-refractivity contribution in [3.05, 3.63) is 47.8 Å². The predicted molar refractivity (Wildman–Crippen MR) is 133 cm³/mol. The summed E-state index contributed by atoms with van der Waals surface area (Å²) in [5.74, 6) is -0.235. The Hall–Kier alpha value is -2.70. The van der Waals surface area contributed by atoms with Crippen molar-refractivity contribution in [3.8, 4) is 5.75 Å². The zero-order valence-corrected chi connectivity index (χ0v) is 21.9. The van der Waals surface area contributed by atoms with Crippen molar-refractivity contribution in [1.29, 1.82) is 0 Å². The van der Waals surface area contributed by atoms with Gasteiger partial charge in [0.1, 0.15) is 11.6 Å². The highest BCUT2D eigenvalue weighted by Gasteiger charge is 2.28. The van der Waals surface area contributed by atoms with Crippen molar-refractivity contribution in [2.45, 2.75) is 29.1 Å². The van der Waals surface area contributed by atoms with Crippen molar-refractivity contribution < 1.29 is 30.8 Å². The Kier molecular flexibility index (Phi) is 7.58. The van der Waals surface area contributed by atoms with Crippen LogP contribution >= 0.6 is 0 Å². The fourth-order valence-corrected chi connectivity index (χ4v) is 5.64. The van der Waals surface area contributed by atoms with Gasteiger partial charge in [0.2, 0.25) is 10.0 Å². The fourth-order valence-electron chi connectivity index (χ4n) is 4.25. The number of anilines is 1. The smallest absolute Gasteiger partial charge is 0.257 e. The second-order valence-electron chi connectivity index (χ2n) is 9.14. The van der Waals surface area contributed by atoms with Gasteiger partial charge in [-0.15, -0.1) is 0 Å². The number of piperazine rings is 1. The lowest BCUT2D eigenvalue weighted by atomic mass is 9.86. The number of hydrogen-bond acceptors (Lipinski definition) is 7. The van der Waals surface area contributed by atoms with Crippen molar-refractivity contribution >= 4 is 31.5 Å². The van der Waals surface area contributed by atoms with Crippen LogP contribution in [0.4, 0.5) is 10.1 Å². The van der Waals surface area contributed by atoms with E-state index in [0.717, 1.165) is 31.6 Å². The summed E-state index contributed by atoms with van der Waals surface area (Å²) < 4.78 is 70.9. The van der Waals surface area contributed by atoms with Crippen LogP contribution in [0.2, 0.25) is 0 Å². The van der Waals surface area contributed by atoms with Crippen LogP contribution in [0.5, 0.6) is 5.75 Å². The second-order valence-corrected chi connectivity index (χ2v) is 13.0. The van der Waals surface area contributed by atoms with Crippen molar-refractivity contribution in [2.24, 2.45) is 5.92 Å². The van der Waals surface area contributed by atoms with Crippen LogP contribution in [0, 0.1) is 11.7 Å². The maximum Gasteiger partial charge on any atom is 0.257 e. The summed E-state index contributed by atoms with van der Waals surface area (Å²) in [6.07, 6.45) is 4.31. The number of sulfonamides is 1. The largest absolute Gasteiger partial charge is 0.492 e. The van der Waals surface area contributed by atoms with E-state index in [1.165, 1.54) is 37.4 Å². The summed E-state index contributed by atoms with van der Waals surface area (Å²) in [5, 5.41) is 0. The molecule has 1 N–H and O–H groups in total. The Morgan fingerprint density at radius 3 is 2.25 bits per heavy atom. The van der Waals surface area contributed by atoms with Crippen LogP contribution < -0.4 is 14.4 Å². The van der Waals surface area contributed by atoms with E-state index in [2.05, 4.69) is 4.72 Å². The third-order valence-electron chi connectivity index (χ3n) is 6.71. The van der Waals surface area contributed by atoms with Crippen molar-refractivity contribution in [2.75, 3.05) is 51.0 Å². The summed E-state index contributed by atoms with van der Waals surface area (Å²) in [6, 6.07) is 8.07. The van der Waals surface area contributed by atoms with E-state index in [9.17, 15) is 26.0 Å². The first-order valence-corrected chi connectivity index (χ1v) is 15.1. The number of halogens is 1. The molecule has 2 fully saturated rings. The van der Waals surface area contributed by atoms with Gasteiger partial charge < -0.3 is 14.5 Å². The number of rotatable bonds is 8. The SMILES string of the molecule is CNS(=O)(=O)c1ccc(OCC2CCC2)c(C(=O)N2CCN(c3ccc(S(C)(=O)=O)cc3F)CC2)c1. The van der Waals surface area contributed by atoms with E-state index in [1.54, 1.807) is 9.80 Å². The topological polar surface area (TPSA) is 113 Å². The van der Waals surface area contributed by atoms with E-state index >= 15 is 0 Å². The van der Waals surface area contributed by atoms with Gasteiger partial charge in [-0.2, -0.15) is 0 Å². The van der Waals surface area contributed by atoms with Gasteiger partial charge in [0.05, 0.1) is 27.6 Å². The number of carbonyl (C=O) groups excluding carboxylic acids is 1. The van der Waals surface area contributed by atoms with Crippen molar-refractivity contribution in [1.82, 2.24) is 9.62 Å². The van der Waals surface area contributed by atoms with Crippen LogP contribution in [0.1, 0.15) is 29.6 Å². The minimum atomic E-state index is -3.76. The molecule has 0 radical (unpaired) electrons. The van der Waals surface area contributed by atoms with E-state index in [4.69, 9.17) is 4.74 Å². The number of sulfone groups is 1. The summed E-state index contributed by atoms with van der Waals surface area (Å²) in [6.45, 7) is 1.67. The lowest BCUT2D eigenvalue weighted by Crippen LogP contribution is -2.49. The molecule has 1 aliphatic carbocycles. The monoisotopic (exact) mass is 539 g/mol. The maximum absolute atomic E-state index is 14.6. The molecule has 0 spiro atoms. The number of amides is 1. The summed E-state index contributed by atoms with van der Waals surface area (Å²) in [7, 11) is -5.98. The minimum Gasteiger partial charge on any atom is -0.492 e. The number of benzene rings is 2. The Balaban J connectivity index is 1.51. The molecule has 196 valence electrons. The number of nitrogens with one attached hydrogen (secondary N) is 1. The summed E-state index contributed by atoms with van der Waals surface area (Å²) in [4.78, 5) is 16.7. The fraction of sp³-hybridized carbons (Fsp3) is 0.458. The first kappa shape index (κ1) is 26.4. The quantitative estimate of drug-likeness (QED) is 0.548. The molecule has 0 unspecified atom stereocenters. The standard InChI is InChI=1S/C24H30FN3O6S2/c1-26-36(32,33)19-7-9-23(34-16-17-4-3-5-17)20(14-19)24(29)28-12-10-27(11-13-28)22-8-6-18(15-21(22)25)35(2,30)31/h6-9,14-15,17,26H,3-5,10-13,16H2,1-2H3. The Morgan fingerprint density at radius 2 is 1.69 bits per heavy atom. The predicted octanol–water partition coefficient (Wildman–Crippen LogP) is 2.28. The van der Waals surface area contributed by atoms with Crippen LogP contribution in [-0.4, -0.2) is 73.7 Å². The average Bonchev–Trinajstić information content (AvgIpc) is 2.82. The molecular weight excluding hydrogens is 509 g/mol. The molecular formula is C24H30FN3O6S2. The summed E-state index contributed by atoms with van der Waals surface area (Å²) >= 11 is 0. The maximum atomic E-state index is 14.6.